The molecule has 0 radical (unpaired) electrons. The zero-order chi connectivity index (χ0) is 29.1. The van der Waals surface area contributed by atoms with E-state index >= 15 is 0 Å². The molecule has 0 aliphatic carbocycles. The summed E-state index contributed by atoms with van der Waals surface area (Å²) < 4.78 is 49.9. The number of anilines is 2. The van der Waals surface area contributed by atoms with Crippen molar-refractivity contribution in [3.05, 3.63) is 53.7 Å². The van der Waals surface area contributed by atoms with E-state index in [1.165, 1.54) is 18.2 Å². The molecular weight excluding hydrogens is 537 g/mol. The van der Waals surface area contributed by atoms with Gasteiger partial charge in [0.2, 0.25) is 11.8 Å². The van der Waals surface area contributed by atoms with Crippen molar-refractivity contribution in [2.24, 2.45) is 0 Å². The van der Waals surface area contributed by atoms with Crippen molar-refractivity contribution in [1.82, 2.24) is 14.8 Å². The van der Waals surface area contributed by atoms with Gasteiger partial charge < -0.3 is 29.1 Å². The van der Waals surface area contributed by atoms with Gasteiger partial charge in [0.15, 0.2) is 5.75 Å². The molecule has 4 heterocycles. The summed E-state index contributed by atoms with van der Waals surface area (Å²) in [7, 11) is 2.04. The average molecular weight is 571 g/mol. The highest BCUT2D eigenvalue weighted by atomic mass is 19.4. The average Bonchev–Trinajstić information content (AvgIpc) is 3.38. The molecule has 1 amide bonds. The molecule has 0 spiro atoms. The van der Waals surface area contributed by atoms with Gasteiger partial charge in [0.05, 0.1) is 23.6 Å². The van der Waals surface area contributed by atoms with E-state index in [1.54, 1.807) is 21.9 Å². The monoisotopic (exact) mass is 570 g/mol. The second-order valence-corrected chi connectivity index (χ2v) is 10.5. The van der Waals surface area contributed by atoms with Gasteiger partial charge in [-0.05, 0) is 51.1 Å². The number of alkyl halides is 3. The summed E-state index contributed by atoms with van der Waals surface area (Å²) in [4.78, 5) is 24.8. The Morgan fingerprint density at radius 3 is 2.59 bits per heavy atom. The highest BCUT2D eigenvalue weighted by Crippen LogP contribution is 2.40. The van der Waals surface area contributed by atoms with Crippen molar-refractivity contribution in [1.29, 1.82) is 5.26 Å². The van der Waals surface area contributed by atoms with Crippen LogP contribution in [0.25, 0.3) is 0 Å². The lowest BCUT2D eigenvalue weighted by molar-refractivity contribution is -0.274. The minimum absolute atomic E-state index is 0.137. The molecule has 2 fully saturated rings. The van der Waals surface area contributed by atoms with Crippen LogP contribution in [0.5, 0.6) is 11.6 Å². The lowest BCUT2D eigenvalue weighted by Gasteiger charge is -2.39. The van der Waals surface area contributed by atoms with E-state index in [9.17, 15) is 23.2 Å². The number of piperazine rings is 1. The Bertz CT molecular complexity index is 1340. The van der Waals surface area contributed by atoms with Crippen LogP contribution < -0.4 is 19.3 Å². The van der Waals surface area contributed by atoms with Gasteiger partial charge in [0.1, 0.15) is 18.2 Å². The number of para-hydroxylation sites is 2. The SMILES string of the molecule is C=CC(=O)N1CCN(c2c(C#N)c(OC[C@@H]3CCCN3C)nc3c2CCN(c2ccccc2OC(F)(F)F)C3)CC1. The van der Waals surface area contributed by atoms with Gasteiger partial charge in [-0.2, -0.15) is 5.26 Å². The maximum absolute atomic E-state index is 13.1. The van der Waals surface area contributed by atoms with Crippen LogP contribution in [0.15, 0.2) is 36.9 Å². The molecule has 1 aromatic heterocycles. The highest BCUT2D eigenvalue weighted by molar-refractivity contribution is 5.87. The number of hydrogen-bond acceptors (Lipinski definition) is 8. The summed E-state index contributed by atoms with van der Waals surface area (Å²) in [6, 6.07) is 8.60. The van der Waals surface area contributed by atoms with Crippen molar-refractivity contribution in [2.45, 2.75) is 38.2 Å². The zero-order valence-corrected chi connectivity index (χ0v) is 23.0. The third kappa shape index (κ3) is 6.20. The number of fused-ring (bicyclic) bond motifs is 1. The number of carbonyl (C=O) groups excluding carboxylic acids is 1. The van der Waals surface area contributed by atoms with Crippen LogP contribution in [0.3, 0.4) is 0 Å². The third-order valence-corrected chi connectivity index (χ3v) is 8.00. The first kappa shape index (κ1) is 28.5. The van der Waals surface area contributed by atoms with Gasteiger partial charge in [-0.1, -0.05) is 18.7 Å². The van der Waals surface area contributed by atoms with Gasteiger partial charge in [-0.15, -0.1) is 13.2 Å². The number of likely N-dealkylation sites (tertiary alicyclic amines) is 1. The molecule has 12 heteroatoms. The molecule has 0 N–H and O–H groups in total. The van der Waals surface area contributed by atoms with E-state index < -0.39 is 6.36 Å². The summed E-state index contributed by atoms with van der Waals surface area (Å²) in [5.41, 5.74) is 2.92. The molecule has 3 aliphatic rings. The Kier molecular flexibility index (Phi) is 8.26. The van der Waals surface area contributed by atoms with E-state index in [0.29, 0.717) is 62.7 Å². The second-order valence-electron chi connectivity index (χ2n) is 10.5. The minimum atomic E-state index is -4.82. The lowest BCUT2D eigenvalue weighted by Crippen LogP contribution is -2.49. The van der Waals surface area contributed by atoms with Crippen molar-refractivity contribution in [3.8, 4) is 17.7 Å². The number of nitrogens with zero attached hydrogens (tertiary/aromatic N) is 6. The highest BCUT2D eigenvalue weighted by Gasteiger charge is 2.35. The van der Waals surface area contributed by atoms with E-state index in [2.05, 4.69) is 27.2 Å². The molecule has 2 aromatic rings. The number of aromatic nitrogens is 1. The predicted octanol–water partition coefficient (Wildman–Crippen LogP) is 3.72. The van der Waals surface area contributed by atoms with Crippen LogP contribution in [0.1, 0.15) is 29.7 Å². The summed E-state index contributed by atoms with van der Waals surface area (Å²) >= 11 is 0. The number of carbonyl (C=O) groups is 1. The number of ether oxygens (including phenoxy) is 2. The molecule has 1 atom stereocenters. The molecule has 41 heavy (non-hydrogen) atoms. The second kappa shape index (κ2) is 11.9. The van der Waals surface area contributed by atoms with Crippen LogP contribution in [0.2, 0.25) is 0 Å². The fraction of sp³-hybridized carbons (Fsp3) is 0.483. The number of pyridine rings is 1. The fourth-order valence-corrected chi connectivity index (χ4v) is 5.87. The molecule has 3 aliphatic heterocycles. The number of rotatable bonds is 7. The van der Waals surface area contributed by atoms with Gasteiger partial charge in [-0.25, -0.2) is 4.98 Å². The standard InChI is InChI=1S/C29H33F3N6O3/c1-3-26(39)36-13-15-37(16-14-36)27-21-10-12-38(24-8-4-5-9-25(24)41-29(30,31)32)18-23(21)34-28(22(27)17-33)40-19-20-7-6-11-35(20)2/h3-5,8-9,20H,1,6-7,10-16,18-19H2,2H3/t20-/m0/s1. The molecule has 5 rings (SSSR count). The molecule has 1 aromatic carbocycles. The van der Waals surface area contributed by atoms with E-state index in [1.807, 2.05) is 7.05 Å². The summed E-state index contributed by atoms with van der Waals surface area (Å²) in [6.45, 7) is 7.54. The van der Waals surface area contributed by atoms with Crippen LogP contribution in [0, 0.1) is 11.3 Å². The van der Waals surface area contributed by atoms with Crippen molar-refractivity contribution in [3.63, 3.8) is 0 Å². The van der Waals surface area contributed by atoms with E-state index in [-0.39, 0.29) is 30.1 Å². The van der Waals surface area contributed by atoms with Crippen LogP contribution in [-0.2, 0) is 17.8 Å². The minimum Gasteiger partial charge on any atom is -0.475 e. The third-order valence-electron chi connectivity index (χ3n) is 8.00. The van der Waals surface area contributed by atoms with Crippen LogP contribution >= 0.6 is 0 Å². The summed E-state index contributed by atoms with van der Waals surface area (Å²) in [6.07, 6.45) is -1.00. The Labute approximate surface area is 237 Å². The number of likely N-dealkylation sites (N-methyl/N-ethyl adjacent to an activating group) is 1. The number of hydrogen-bond donors (Lipinski definition) is 0. The Morgan fingerprint density at radius 1 is 1.17 bits per heavy atom. The molecule has 0 unspecified atom stereocenters. The number of amides is 1. The van der Waals surface area contributed by atoms with Gasteiger partial charge in [0, 0.05) is 44.3 Å². The molecule has 218 valence electrons. The first-order chi connectivity index (χ1) is 19.7. The molecule has 0 bridgehead atoms. The lowest BCUT2D eigenvalue weighted by atomic mass is 9.97. The quantitative estimate of drug-likeness (QED) is 0.466. The fourth-order valence-electron chi connectivity index (χ4n) is 5.87. The van der Waals surface area contributed by atoms with E-state index in [0.717, 1.165) is 30.6 Å². The van der Waals surface area contributed by atoms with E-state index in [4.69, 9.17) is 9.72 Å². The van der Waals surface area contributed by atoms with Crippen LogP contribution in [-0.4, -0.2) is 86.0 Å². The normalized spacial score (nSPS) is 19.5. The smallest absolute Gasteiger partial charge is 0.475 e. The maximum Gasteiger partial charge on any atom is 0.573 e. The Balaban J connectivity index is 1.49. The summed E-state index contributed by atoms with van der Waals surface area (Å²) in [5, 5.41) is 10.3. The maximum atomic E-state index is 13.1. The molecule has 9 nitrogen and oxygen atoms in total. The van der Waals surface area contributed by atoms with Crippen molar-refractivity contribution < 1.29 is 27.4 Å². The largest absolute Gasteiger partial charge is 0.573 e. The molecule has 0 saturated carbocycles. The topological polar surface area (TPSA) is 85.2 Å². The Hall–Kier alpha value is -3.98. The van der Waals surface area contributed by atoms with Crippen molar-refractivity contribution in [2.75, 3.05) is 62.7 Å². The molecular formula is C29H33F3N6O3. The van der Waals surface area contributed by atoms with Crippen molar-refractivity contribution >= 4 is 17.3 Å². The number of nitriles is 1. The van der Waals surface area contributed by atoms with Gasteiger partial charge in [0.25, 0.3) is 0 Å². The van der Waals surface area contributed by atoms with Crippen LogP contribution in [0.4, 0.5) is 24.5 Å². The predicted molar refractivity (Wildman–Crippen MR) is 147 cm³/mol. The molecule has 2 saturated heterocycles. The number of halogens is 3. The zero-order valence-electron chi connectivity index (χ0n) is 23.0. The summed E-state index contributed by atoms with van der Waals surface area (Å²) in [5.74, 6) is -0.184. The first-order valence-corrected chi connectivity index (χ1v) is 13.7. The number of benzene rings is 1. The van der Waals surface area contributed by atoms with Gasteiger partial charge in [-0.3, -0.25) is 4.79 Å². The first-order valence-electron chi connectivity index (χ1n) is 13.7. The van der Waals surface area contributed by atoms with Gasteiger partial charge >= 0.3 is 6.36 Å². The Morgan fingerprint density at radius 2 is 1.93 bits per heavy atom.